The third-order valence-corrected chi connectivity index (χ3v) is 7.16. The quantitative estimate of drug-likeness (QED) is 0.347. The van der Waals surface area contributed by atoms with Crippen molar-refractivity contribution in [3.63, 3.8) is 0 Å². The Balaban J connectivity index is 2.21. The maximum absolute atomic E-state index is 13.4. The van der Waals surface area contributed by atoms with Gasteiger partial charge in [-0.25, -0.2) is 12.8 Å². The van der Waals surface area contributed by atoms with Gasteiger partial charge >= 0.3 is 0 Å². The van der Waals surface area contributed by atoms with Crippen LogP contribution in [0.25, 0.3) is 0 Å². The van der Waals surface area contributed by atoms with E-state index < -0.39 is 21.9 Å². The Hall–Kier alpha value is -3.14. The van der Waals surface area contributed by atoms with E-state index in [0.717, 1.165) is 29.0 Å². The second kappa shape index (κ2) is 14.6. The van der Waals surface area contributed by atoms with Crippen LogP contribution in [0.15, 0.2) is 48.5 Å². The maximum Gasteiger partial charge on any atom is 0.242 e. The SMILES string of the molecule is CCCCNC(=O)[C@@H](CC)N(Cc1cccc(OC)c1)C(=O)CCCN(c1ccc(F)cc1)S(C)(=O)=O. The van der Waals surface area contributed by atoms with Crippen LogP contribution in [0.5, 0.6) is 5.75 Å². The Bertz CT molecular complexity index is 1130. The number of rotatable bonds is 15. The number of carbonyl (C=O) groups excluding carboxylic acids is 2. The van der Waals surface area contributed by atoms with Crippen LogP contribution in [0.1, 0.15) is 51.5 Å². The number of anilines is 1. The van der Waals surface area contributed by atoms with Gasteiger partial charge in [0.05, 0.1) is 19.1 Å². The van der Waals surface area contributed by atoms with Crippen LogP contribution in [-0.2, 0) is 26.2 Å². The summed E-state index contributed by atoms with van der Waals surface area (Å²) in [7, 11) is -2.08. The van der Waals surface area contributed by atoms with Crippen LogP contribution in [0.2, 0.25) is 0 Å². The van der Waals surface area contributed by atoms with Crippen LogP contribution < -0.4 is 14.4 Å². The first kappa shape index (κ1) is 30.1. The fourth-order valence-electron chi connectivity index (χ4n) is 4.00. The molecule has 0 radical (unpaired) electrons. The molecule has 2 aromatic rings. The van der Waals surface area contributed by atoms with Gasteiger partial charge in [0, 0.05) is 26.1 Å². The Kier molecular flexibility index (Phi) is 11.8. The van der Waals surface area contributed by atoms with Crippen molar-refractivity contribution >= 4 is 27.5 Å². The lowest BCUT2D eigenvalue weighted by Crippen LogP contribution is -2.49. The normalized spacial score (nSPS) is 12.0. The Morgan fingerprint density at radius 1 is 1.08 bits per heavy atom. The van der Waals surface area contributed by atoms with Gasteiger partial charge in [-0.15, -0.1) is 0 Å². The van der Waals surface area contributed by atoms with E-state index in [1.165, 1.54) is 24.3 Å². The molecule has 0 aliphatic heterocycles. The molecule has 37 heavy (non-hydrogen) atoms. The molecule has 0 aromatic heterocycles. The number of ether oxygens (including phenoxy) is 1. The van der Waals surface area contributed by atoms with Gasteiger partial charge in [-0.05, 0) is 61.2 Å². The molecule has 2 amide bonds. The van der Waals surface area contributed by atoms with Crippen LogP contribution in [-0.4, -0.2) is 57.6 Å². The first-order valence-electron chi connectivity index (χ1n) is 12.5. The standard InChI is InChI=1S/C27H38FN3O5S/c1-5-7-17-29-27(33)25(6-2)30(20-21-10-8-11-24(19-21)36-3)26(32)12-9-18-31(37(4,34)35)23-15-13-22(28)14-16-23/h8,10-11,13-16,19,25H,5-7,9,12,17-18,20H2,1-4H3,(H,29,33)/t25-/m1/s1. The minimum atomic E-state index is -3.64. The molecule has 0 bridgehead atoms. The molecule has 1 atom stereocenters. The molecule has 0 saturated carbocycles. The molecule has 0 spiro atoms. The van der Waals surface area contributed by atoms with Crippen molar-refractivity contribution in [1.82, 2.24) is 10.2 Å². The third kappa shape index (κ3) is 9.35. The van der Waals surface area contributed by atoms with Crippen molar-refractivity contribution < 1.29 is 27.1 Å². The van der Waals surface area contributed by atoms with Gasteiger partial charge in [0.2, 0.25) is 21.8 Å². The summed E-state index contributed by atoms with van der Waals surface area (Å²) in [6.45, 7) is 4.68. The molecule has 0 aliphatic carbocycles. The smallest absolute Gasteiger partial charge is 0.242 e. The molecule has 1 N–H and O–H groups in total. The number of hydrogen-bond donors (Lipinski definition) is 1. The number of carbonyl (C=O) groups is 2. The van der Waals surface area contributed by atoms with Gasteiger partial charge < -0.3 is 15.0 Å². The topological polar surface area (TPSA) is 96.0 Å². The van der Waals surface area contributed by atoms with Crippen molar-refractivity contribution in [1.29, 1.82) is 0 Å². The minimum Gasteiger partial charge on any atom is -0.497 e. The van der Waals surface area contributed by atoms with Gasteiger partial charge in [0.15, 0.2) is 0 Å². The van der Waals surface area contributed by atoms with Gasteiger partial charge in [-0.1, -0.05) is 32.4 Å². The van der Waals surface area contributed by atoms with Crippen LogP contribution in [0.3, 0.4) is 0 Å². The summed E-state index contributed by atoms with van der Waals surface area (Å²) in [5.74, 6) is -0.291. The van der Waals surface area contributed by atoms with E-state index in [-0.39, 0.29) is 37.7 Å². The molecule has 0 aliphatic rings. The summed E-state index contributed by atoms with van der Waals surface area (Å²) in [5, 5.41) is 2.92. The summed E-state index contributed by atoms with van der Waals surface area (Å²) in [5.41, 5.74) is 1.14. The van der Waals surface area contributed by atoms with Crippen molar-refractivity contribution in [2.24, 2.45) is 0 Å². The highest BCUT2D eigenvalue weighted by Crippen LogP contribution is 2.21. The average Bonchev–Trinajstić information content (AvgIpc) is 2.86. The highest BCUT2D eigenvalue weighted by molar-refractivity contribution is 7.92. The second-order valence-corrected chi connectivity index (χ2v) is 10.8. The van der Waals surface area contributed by atoms with Crippen LogP contribution in [0, 0.1) is 5.82 Å². The zero-order valence-corrected chi connectivity index (χ0v) is 22.9. The van der Waals surface area contributed by atoms with E-state index >= 15 is 0 Å². The molecular formula is C27H38FN3O5S. The molecular weight excluding hydrogens is 497 g/mol. The lowest BCUT2D eigenvalue weighted by atomic mass is 10.1. The lowest BCUT2D eigenvalue weighted by molar-refractivity contribution is -0.141. The molecule has 0 saturated heterocycles. The van der Waals surface area contributed by atoms with E-state index in [0.29, 0.717) is 24.4 Å². The molecule has 10 heteroatoms. The van der Waals surface area contributed by atoms with Gasteiger partial charge in [-0.3, -0.25) is 13.9 Å². The van der Waals surface area contributed by atoms with E-state index in [2.05, 4.69) is 5.32 Å². The fraction of sp³-hybridized carbons (Fsp3) is 0.481. The molecule has 2 rings (SSSR count). The molecule has 0 unspecified atom stereocenters. The third-order valence-electron chi connectivity index (χ3n) is 5.97. The number of amides is 2. The second-order valence-electron chi connectivity index (χ2n) is 8.86. The summed E-state index contributed by atoms with van der Waals surface area (Å²) in [6.07, 6.45) is 3.55. The first-order chi connectivity index (χ1) is 17.6. The molecule has 204 valence electrons. The molecule has 0 heterocycles. The zero-order valence-electron chi connectivity index (χ0n) is 22.1. The Labute approximate surface area is 219 Å². The summed E-state index contributed by atoms with van der Waals surface area (Å²) >= 11 is 0. The number of hydrogen-bond acceptors (Lipinski definition) is 5. The van der Waals surface area contributed by atoms with Gasteiger partial charge in [0.25, 0.3) is 0 Å². The van der Waals surface area contributed by atoms with Gasteiger partial charge in [0.1, 0.15) is 17.6 Å². The average molecular weight is 536 g/mol. The predicted molar refractivity (Wildman–Crippen MR) is 143 cm³/mol. The molecule has 8 nitrogen and oxygen atoms in total. The molecule has 2 aromatic carbocycles. The van der Waals surface area contributed by atoms with Crippen molar-refractivity contribution in [3.05, 3.63) is 59.9 Å². The van der Waals surface area contributed by atoms with E-state index in [9.17, 15) is 22.4 Å². The van der Waals surface area contributed by atoms with E-state index in [1.54, 1.807) is 18.1 Å². The van der Waals surface area contributed by atoms with Crippen molar-refractivity contribution in [3.8, 4) is 5.75 Å². The lowest BCUT2D eigenvalue weighted by Gasteiger charge is -2.31. The monoisotopic (exact) mass is 535 g/mol. The summed E-state index contributed by atoms with van der Waals surface area (Å²) in [4.78, 5) is 28.0. The number of nitrogens with one attached hydrogen (secondary N) is 1. The number of halogens is 1. The highest BCUT2D eigenvalue weighted by atomic mass is 32.2. The van der Waals surface area contributed by atoms with Crippen molar-refractivity contribution in [2.75, 3.05) is 30.8 Å². The number of methoxy groups -OCH3 is 1. The Morgan fingerprint density at radius 2 is 1.78 bits per heavy atom. The van der Waals surface area contributed by atoms with E-state index in [1.807, 2.05) is 32.0 Å². The number of unbranched alkanes of at least 4 members (excludes halogenated alkanes) is 1. The largest absolute Gasteiger partial charge is 0.497 e. The highest BCUT2D eigenvalue weighted by Gasteiger charge is 2.28. The minimum absolute atomic E-state index is 0.0376. The zero-order chi connectivity index (χ0) is 27.4. The molecule has 0 fully saturated rings. The van der Waals surface area contributed by atoms with Gasteiger partial charge in [-0.2, -0.15) is 0 Å². The van der Waals surface area contributed by atoms with Crippen molar-refractivity contribution in [2.45, 2.75) is 58.5 Å². The fourth-order valence-corrected chi connectivity index (χ4v) is 4.97. The summed E-state index contributed by atoms with van der Waals surface area (Å²) in [6, 6.07) is 11.8. The van der Waals surface area contributed by atoms with Crippen LogP contribution in [0.4, 0.5) is 10.1 Å². The first-order valence-corrected chi connectivity index (χ1v) is 14.4. The summed E-state index contributed by atoms with van der Waals surface area (Å²) < 4.78 is 44.5. The van der Waals surface area contributed by atoms with E-state index in [4.69, 9.17) is 4.74 Å². The number of nitrogens with zero attached hydrogens (tertiary/aromatic N) is 2. The maximum atomic E-state index is 13.4. The number of benzene rings is 2. The number of sulfonamides is 1. The Morgan fingerprint density at radius 3 is 2.38 bits per heavy atom. The predicted octanol–water partition coefficient (Wildman–Crippen LogP) is 4.10. The van der Waals surface area contributed by atoms with Crippen LogP contribution >= 0.6 is 0 Å².